The Bertz CT molecular complexity index is 314. The molecule has 0 aliphatic rings. The van der Waals surface area contributed by atoms with E-state index >= 15 is 0 Å². The molecule has 0 radical (unpaired) electrons. The minimum Gasteiger partial charge on any atom is -0.367 e. The molecule has 0 bridgehead atoms. The first kappa shape index (κ1) is 8.74. The van der Waals surface area contributed by atoms with Crippen molar-refractivity contribution >= 4 is 6.08 Å². The maximum Gasteiger partial charge on any atom is 0.188 e. The lowest BCUT2D eigenvalue weighted by molar-refractivity contribution is 1.01. The quantitative estimate of drug-likeness (QED) is 0.692. The summed E-state index contributed by atoms with van der Waals surface area (Å²) in [6, 6.07) is 1.50. The molecule has 1 rings (SSSR count). The van der Waals surface area contributed by atoms with Crippen molar-refractivity contribution in [2.45, 2.75) is 6.42 Å². The Morgan fingerprint density at radius 2 is 2.42 bits per heavy atom. The summed E-state index contributed by atoms with van der Waals surface area (Å²) in [5.74, 6) is 0. The van der Waals surface area contributed by atoms with Gasteiger partial charge in [0.2, 0.25) is 0 Å². The Kier molecular flexibility index (Phi) is 3.29. The van der Waals surface area contributed by atoms with Crippen molar-refractivity contribution in [3.8, 4) is 0 Å². The molecule has 0 fully saturated rings. The highest BCUT2D eigenvalue weighted by atomic mass is 16.1. The molecule has 0 saturated heterocycles. The Labute approximate surface area is 70.9 Å². The minimum atomic E-state index is 0.0296. The summed E-state index contributed by atoms with van der Waals surface area (Å²) in [5, 5.41) is 0. The Morgan fingerprint density at radius 1 is 1.58 bits per heavy atom. The number of aromatic amines is 1. The van der Waals surface area contributed by atoms with E-state index in [1.54, 1.807) is 18.5 Å². The van der Waals surface area contributed by atoms with Gasteiger partial charge in [-0.2, -0.15) is 0 Å². The van der Waals surface area contributed by atoms with Crippen LogP contribution in [0.5, 0.6) is 0 Å². The van der Waals surface area contributed by atoms with Gasteiger partial charge in [0.1, 0.15) is 0 Å². The standard InChI is InChI=1S/C9H12N2O/c10-5-2-1-3-8-7-11-6-4-9(8)12/h1,3-4,6-7H,2,5,10H2,(H,11,12). The van der Waals surface area contributed by atoms with Gasteiger partial charge in [0.05, 0.1) is 0 Å². The molecule has 12 heavy (non-hydrogen) atoms. The lowest BCUT2D eigenvalue weighted by Gasteiger charge is -1.89. The highest BCUT2D eigenvalue weighted by Crippen LogP contribution is 1.92. The molecule has 0 aliphatic carbocycles. The summed E-state index contributed by atoms with van der Waals surface area (Å²) in [4.78, 5) is 14.0. The van der Waals surface area contributed by atoms with Crippen molar-refractivity contribution in [3.63, 3.8) is 0 Å². The highest BCUT2D eigenvalue weighted by Gasteiger charge is 1.89. The van der Waals surface area contributed by atoms with Crippen LogP contribution in [0.1, 0.15) is 12.0 Å². The van der Waals surface area contributed by atoms with E-state index in [0.29, 0.717) is 12.1 Å². The molecule has 0 atom stereocenters. The predicted molar refractivity (Wildman–Crippen MR) is 49.8 cm³/mol. The van der Waals surface area contributed by atoms with E-state index in [2.05, 4.69) is 4.98 Å². The van der Waals surface area contributed by atoms with Crippen molar-refractivity contribution in [3.05, 3.63) is 40.3 Å². The maximum atomic E-state index is 11.1. The summed E-state index contributed by atoms with van der Waals surface area (Å²) in [6.45, 7) is 0.612. The number of aromatic nitrogens is 1. The monoisotopic (exact) mass is 164 g/mol. The molecule has 64 valence electrons. The van der Waals surface area contributed by atoms with E-state index in [-0.39, 0.29) is 5.43 Å². The summed E-state index contributed by atoms with van der Waals surface area (Å²) in [5.41, 5.74) is 6.00. The van der Waals surface area contributed by atoms with Crippen molar-refractivity contribution < 1.29 is 0 Å². The zero-order valence-corrected chi connectivity index (χ0v) is 6.79. The minimum absolute atomic E-state index is 0.0296. The van der Waals surface area contributed by atoms with Crippen LogP contribution >= 0.6 is 0 Å². The Morgan fingerprint density at radius 3 is 3.08 bits per heavy atom. The zero-order chi connectivity index (χ0) is 8.81. The Hall–Kier alpha value is -1.35. The first-order valence-electron chi connectivity index (χ1n) is 3.88. The second-order valence-corrected chi connectivity index (χ2v) is 2.44. The lowest BCUT2D eigenvalue weighted by atomic mass is 10.2. The molecule has 3 heteroatoms. The van der Waals surface area contributed by atoms with Crippen LogP contribution in [-0.2, 0) is 0 Å². The van der Waals surface area contributed by atoms with E-state index < -0.39 is 0 Å². The van der Waals surface area contributed by atoms with Gasteiger partial charge in [-0.1, -0.05) is 12.2 Å². The van der Waals surface area contributed by atoms with Crippen molar-refractivity contribution in [1.82, 2.24) is 4.98 Å². The average Bonchev–Trinajstić information content (AvgIpc) is 2.09. The van der Waals surface area contributed by atoms with Crippen LogP contribution in [0.15, 0.2) is 29.3 Å². The summed E-state index contributed by atoms with van der Waals surface area (Å²) in [7, 11) is 0. The first-order valence-corrected chi connectivity index (χ1v) is 3.88. The second-order valence-electron chi connectivity index (χ2n) is 2.44. The van der Waals surface area contributed by atoms with Gasteiger partial charge in [-0.05, 0) is 13.0 Å². The van der Waals surface area contributed by atoms with Crippen molar-refractivity contribution in [2.75, 3.05) is 6.54 Å². The van der Waals surface area contributed by atoms with Gasteiger partial charge in [0, 0.05) is 24.0 Å². The summed E-state index contributed by atoms with van der Waals surface area (Å²) in [6.07, 6.45) is 7.77. The number of hydrogen-bond donors (Lipinski definition) is 2. The van der Waals surface area contributed by atoms with E-state index in [0.717, 1.165) is 6.42 Å². The van der Waals surface area contributed by atoms with Gasteiger partial charge in [-0.15, -0.1) is 0 Å². The molecule has 0 aliphatic heterocycles. The fraction of sp³-hybridized carbons (Fsp3) is 0.222. The first-order chi connectivity index (χ1) is 5.84. The summed E-state index contributed by atoms with van der Waals surface area (Å²) < 4.78 is 0. The van der Waals surface area contributed by atoms with Crippen LogP contribution < -0.4 is 11.2 Å². The van der Waals surface area contributed by atoms with Crippen LogP contribution in [0.4, 0.5) is 0 Å². The molecule has 0 spiro atoms. The zero-order valence-electron chi connectivity index (χ0n) is 6.79. The molecule has 1 aromatic rings. The van der Waals surface area contributed by atoms with Gasteiger partial charge >= 0.3 is 0 Å². The Balaban J connectivity index is 2.76. The van der Waals surface area contributed by atoms with Crippen LogP contribution in [-0.4, -0.2) is 11.5 Å². The molecule has 1 heterocycles. The third-order valence-corrected chi connectivity index (χ3v) is 1.49. The molecule has 3 N–H and O–H groups in total. The number of nitrogens with one attached hydrogen (secondary N) is 1. The van der Waals surface area contributed by atoms with Gasteiger partial charge in [0.25, 0.3) is 0 Å². The number of rotatable bonds is 3. The maximum absolute atomic E-state index is 11.1. The van der Waals surface area contributed by atoms with Crippen LogP contribution in [0, 0.1) is 0 Å². The van der Waals surface area contributed by atoms with E-state index in [1.165, 1.54) is 6.07 Å². The van der Waals surface area contributed by atoms with Crippen molar-refractivity contribution in [2.24, 2.45) is 5.73 Å². The number of nitrogens with two attached hydrogens (primary N) is 1. The van der Waals surface area contributed by atoms with Gasteiger partial charge in [-0.3, -0.25) is 4.79 Å². The summed E-state index contributed by atoms with van der Waals surface area (Å²) >= 11 is 0. The normalized spacial score (nSPS) is 10.8. The van der Waals surface area contributed by atoms with Crippen LogP contribution in [0.2, 0.25) is 0 Å². The molecule has 0 aromatic carbocycles. The highest BCUT2D eigenvalue weighted by molar-refractivity contribution is 5.47. The molecule has 3 nitrogen and oxygen atoms in total. The average molecular weight is 164 g/mol. The largest absolute Gasteiger partial charge is 0.367 e. The SMILES string of the molecule is NCCC=Cc1c[nH]ccc1=O. The molecule has 0 amide bonds. The number of H-pyrrole nitrogens is 1. The lowest BCUT2D eigenvalue weighted by Crippen LogP contribution is -2.02. The smallest absolute Gasteiger partial charge is 0.188 e. The van der Waals surface area contributed by atoms with Gasteiger partial charge in [-0.25, -0.2) is 0 Å². The molecule has 1 aromatic heterocycles. The van der Waals surface area contributed by atoms with E-state index in [1.807, 2.05) is 6.08 Å². The third kappa shape index (κ3) is 2.36. The second kappa shape index (κ2) is 4.51. The predicted octanol–water partition coefficient (Wildman–Crippen LogP) is 0.737. The molecular formula is C9H12N2O. The van der Waals surface area contributed by atoms with Crippen LogP contribution in [0.25, 0.3) is 6.08 Å². The molecular weight excluding hydrogens is 152 g/mol. The molecule has 0 saturated carbocycles. The van der Waals surface area contributed by atoms with E-state index in [4.69, 9.17) is 5.73 Å². The van der Waals surface area contributed by atoms with Gasteiger partial charge < -0.3 is 10.7 Å². The topological polar surface area (TPSA) is 58.9 Å². The van der Waals surface area contributed by atoms with Gasteiger partial charge in [0.15, 0.2) is 5.43 Å². The van der Waals surface area contributed by atoms with Crippen molar-refractivity contribution in [1.29, 1.82) is 0 Å². The molecule has 0 unspecified atom stereocenters. The fourth-order valence-corrected chi connectivity index (χ4v) is 0.866. The van der Waals surface area contributed by atoms with E-state index in [9.17, 15) is 4.79 Å². The van der Waals surface area contributed by atoms with Crippen LogP contribution in [0.3, 0.4) is 0 Å². The fourth-order valence-electron chi connectivity index (χ4n) is 0.866. The number of hydrogen-bond acceptors (Lipinski definition) is 2. The third-order valence-electron chi connectivity index (χ3n) is 1.49. The number of pyridine rings is 1.